The van der Waals surface area contributed by atoms with Gasteiger partial charge < -0.3 is 14.2 Å². The van der Waals surface area contributed by atoms with Crippen molar-refractivity contribution in [3.05, 3.63) is 40.9 Å². The molecule has 3 heterocycles. The van der Waals surface area contributed by atoms with Crippen molar-refractivity contribution in [2.24, 2.45) is 0 Å². The van der Waals surface area contributed by atoms with Crippen LogP contribution < -0.4 is 0 Å². The topological polar surface area (TPSA) is 88.9 Å². The second-order valence-electron chi connectivity index (χ2n) is 7.39. The molecule has 0 saturated carbocycles. The van der Waals surface area contributed by atoms with Gasteiger partial charge in [-0.15, -0.1) is 0 Å². The Kier molecular flexibility index (Phi) is 6.13. The third-order valence-electron chi connectivity index (χ3n) is 5.34. The van der Waals surface area contributed by atoms with Crippen LogP contribution in [0.5, 0.6) is 0 Å². The number of hydrogen-bond acceptors (Lipinski definition) is 6. The number of imide groups is 1. The van der Waals surface area contributed by atoms with E-state index in [4.69, 9.17) is 4.74 Å². The summed E-state index contributed by atoms with van der Waals surface area (Å²) in [7, 11) is 0. The first-order valence-electron chi connectivity index (χ1n) is 10.2. The molecule has 31 heavy (non-hydrogen) atoms. The minimum atomic E-state index is -0.468. The van der Waals surface area contributed by atoms with E-state index in [0.717, 1.165) is 46.0 Å². The van der Waals surface area contributed by atoms with Gasteiger partial charge >= 0.3 is 5.97 Å². The average molecular weight is 442 g/mol. The van der Waals surface area contributed by atoms with E-state index in [0.29, 0.717) is 19.7 Å². The van der Waals surface area contributed by atoms with Crippen LogP contribution in [0.3, 0.4) is 0 Å². The third kappa shape index (κ3) is 4.36. The molecule has 3 amide bonds. The summed E-state index contributed by atoms with van der Waals surface area (Å²) in [6.07, 6.45) is 5.31. The van der Waals surface area contributed by atoms with Crippen molar-refractivity contribution in [2.75, 3.05) is 26.2 Å². The summed E-state index contributed by atoms with van der Waals surface area (Å²) in [6.45, 7) is 3.21. The maximum atomic E-state index is 12.8. The van der Waals surface area contributed by atoms with Crippen LogP contribution in [0.2, 0.25) is 0 Å². The molecule has 0 bridgehead atoms. The number of nitrogens with zero attached hydrogens (tertiary/aromatic N) is 3. The maximum Gasteiger partial charge on any atom is 0.325 e. The highest BCUT2D eigenvalue weighted by Gasteiger charge is 2.37. The summed E-state index contributed by atoms with van der Waals surface area (Å²) in [5.41, 5.74) is 1.54. The first-order valence-corrected chi connectivity index (χ1v) is 11.1. The highest BCUT2D eigenvalue weighted by molar-refractivity contribution is 8.18. The summed E-state index contributed by atoms with van der Waals surface area (Å²) in [5, 5.41) is 0.408. The van der Waals surface area contributed by atoms with E-state index in [1.54, 1.807) is 28.7 Å². The van der Waals surface area contributed by atoms with Crippen molar-refractivity contribution < 1.29 is 23.9 Å². The molecule has 1 aromatic carbocycles. The van der Waals surface area contributed by atoms with Gasteiger partial charge in [-0.2, -0.15) is 0 Å². The monoisotopic (exact) mass is 441 g/mol. The van der Waals surface area contributed by atoms with E-state index in [1.807, 2.05) is 24.3 Å². The van der Waals surface area contributed by atoms with Gasteiger partial charge in [-0.25, -0.2) is 0 Å². The number of carbonyl (C=O) groups is 4. The zero-order valence-electron chi connectivity index (χ0n) is 17.2. The molecule has 2 aromatic rings. The van der Waals surface area contributed by atoms with Gasteiger partial charge in [-0.3, -0.25) is 24.1 Å². The number of amides is 3. The lowest BCUT2D eigenvalue weighted by atomic mass is 10.1. The van der Waals surface area contributed by atoms with Crippen LogP contribution in [0, 0.1) is 0 Å². The van der Waals surface area contributed by atoms with Gasteiger partial charge in [0.1, 0.15) is 13.1 Å². The Labute approximate surface area is 183 Å². The second kappa shape index (κ2) is 8.97. The lowest BCUT2D eigenvalue weighted by molar-refractivity contribution is -0.143. The van der Waals surface area contributed by atoms with Gasteiger partial charge in [0.15, 0.2) is 0 Å². The molecule has 0 spiro atoms. The molecule has 0 aliphatic carbocycles. The Hall–Kier alpha value is -3.07. The molecular weight excluding hydrogens is 418 g/mol. The van der Waals surface area contributed by atoms with Crippen molar-refractivity contribution in [1.29, 1.82) is 0 Å². The number of likely N-dealkylation sites (tertiary alicyclic amines) is 1. The molecule has 0 N–H and O–H groups in total. The molecule has 1 aromatic heterocycles. The van der Waals surface area contributed by atoms with Gasteiger partial charge in [-0.05, 0) is 43.7 Å². The molecule has 8 nitrogen and oxygen atoms in total. The number of carbonyl (C=O) groups excluding carboxylic acids is 4. The molecule has 9 heteroatoms. The van der Waals surface area contributed by atoms with E-state index < -0.39 is 11.1 Å². The van der Waals surface area contributed by atoms with Gasteiger partial charge in [0, 0.05) is 35.8 Å². The number of rotatable bonds is 6. The Morgan fingerprint density at radius 1 is 1.13 bits per heavy atom. The summed E-state index contributed by atoms with van der Waals surface area (Å²) in [6, 6.07) is 7.51. The molecule has 2 fully saturated rings. The molecule has 162 valence electrons. The number of hydrogen-bond donors (Lipinski definition) is 0. The van der Waals surface area contributed by atoms with Crippen LogP contribution in [0.4, 0.5) is 4.79 Å². The molecule has 2 aliphatic heterocycles. The largest absolute Gasteiger partial charge is 0.465 e. The fourth-order valence-corrected chi connectivity index (χ4v) is 4.68. The van der Waals surface area contributed by atoms with E-state index in [9.17, 15) is 19.2 Å². The van der Waals surface area contributed by atoms with Crippen molar-refractivity contribution in [2.45, 2.75) is 26.3 Å². The Morgan fingerprint density at radius 3 is 2.61 bits per heavy atom. The Morgan fingerprint density at radius 2 is 1.87 bits per heavy atom. The summed E-state index contributed by atoms with van der Waals surface area (Å²) < 4.78 is 6.81. The van der Waals surface area contributed by atoms with Gasteiger partial charge in [0.05, 0.1) is 11.5 Å². The molecule has 2 aliphatic rings. The van der Waals surface area contributed by atoms with Gasteiger partial charge in [0.25, 0.3) is 11.1 Å². The Balaban J connectivity index is 1.58. The van der Waals surface area contributed by atoms with Crippen molar-refractivity contribution >= 4 is 51.8 Å². The summed E-state index contributed by atoms with van der Waals surface area (Å²) in [5.74, 6) is -1.02. The number of fused-ring (bicyclic) bond motifs is 1. The van der Waals surface area contributed by atoms with Gasteiger partial charge in [-0.1, -0.05) is 18.2 Å². The predicted octanol–water partition coefficient (Wildman–Crippen LogP) is 2.86. The number of benzene rings is 1. The van der Waals surface area contributed by atoms with Crippen LogP contribution in [0.25, 0.3) is 17.0 Å². The lowest BCUT2D eigenvalue weighted by Crippen LogP contribution is -2.40. The predicted molar refractivity (Wildman–Crippen MR) is 117 cm³/mol. The van der Waals surface area contributed by atoms with Crippen LogP contribution in [0.1, 0.15) is 25.3 Å². The van der Waals surface area contributed by atoms with E-state index >= 15 is 0 Å². The molecule has 4 rings (SSSR count). The zero-order chi connectivity index (χ0) is 22.0. The van der Waals surface area contributed by atoms with E-state index in [-0.39, 0.29) is 29.9 Å². The standard InChI is InChI=1S/C22H23N3O5S/c1-2-30-20(27)14-24-12-15(16-7-3-4-8-17(16)24)11-18-21(28)25(22(29)31-18)13-19(26)23-9-5-6-10-23/h3-4,7-8,11-12H,2,5-6,9-10,13-14H2,1H3/b18-11+. The Bertz CT molecular complexity index is 1080. The normalized spacial score (nSPS) is 17.9. The van der Waals surface area contributed by atoms with Crippen LogP contribution in [-0.2, 0) is 25.7 Å². The van der Waals surface area contributed by atoms with Crippen LogP contribution >= 0.6 is 11.8 Å². The van der Waals surface area contributed by atoms with E-state index in [1.165, 1.54) is 0 Å². The molecule has 2 saturated heterocycles. The molecular formula is C22H23N3O5S. The second-order valence-corrected chi connectivity index (χ2v) is 8.38. The highest BCUT2D eigenvalue weighted by atomic mass is 32.2. The number of aromatic nitrogens is 1. The lowest BCUT2D eigenvalue weighted by Gasteiger charge is -2.18. The smallest absolute Gasteiger partial charge is 0.325 e. The van der Waals surface area contributed by atoms with Crippen molar-refractivity contribution in [1.82, 2.24) is 14.4 Å². The minimum Gasteiger partial charge on any atom is -0.465 e. The first kappa shape index (κ1) is 21.2. The summed E-state index contributed by atoms with van der Waals surface area (Å²) in [4.78, 5) is 52.6. The van der Waals surface area contributed by atoms with E-state index in [2.05, 4.69) is 0 Å². The van der Waals surface area contributed by atoms with Crippen LogP contribution in [-0.4, -0.2) is 63.6 Å². The number of ether oxygens (including phenoxy) is 1. The van der Waals surface area contributed by atoms with Crippen LogP contribution in [0.15, 0.2) is 35.4 Å². The molecule has 0 atom stereocenters. The summed E-state index contributed by atoms with van der Waals surface area (Å²) >= 11 is 0.828. The number of para-hydroxylation sites is 1. The SMILES string of the molecule is CCOC(=O)Cn1cc(/C=C2/SC(=O)N(CC(=O)N3CCCC3)C2=O)c2ccccc21. The van der Waals surface area contributed by atoms with Crippen molar-refractivity contribution in [3.8, 4) is 0 Å². The maximum absolute atomic E-state index is 12.8. The molecule has 0 radical (unpaired) electrons. The zero-order valence-corrected chi connectivity index (χ0v) is 18.0. The number of thioether (sulfide) groups is 1. The van der Waals surface area contributed by atoms with Crippen molar-refractivity contribution in [3.63, 3.8) is 0 Å². The fourth-order valence-electron chi connectivity index (χ4n) is 3.85. The average Bonchev–Trinajstić information content (AvgIpc) is 3.45. The third-order valence-corrected chi connectivity index (χ3v) is 6.24. The molecule has 0 unspecified atom stereocenters. The first-order chi connectivity index (χ1) is 15.0. The van der Waals surface area contributed by atoms with Gasteiger partial charge in [0.2, 0.25) is 5.91 Å². The quantitative estimate of drug-likeness (QED) is 0.506. The minimum absolute atomic E-state index is 0.0496. The number of esters is 1. The fraction of sp³-hybridized carbons (Fsp3) is 0.364. The highest BCUT2D eigenvalue weighted by Crippen LogP contribution is 2.34.